The first kappa shape index (κ1) is 27.4. The zero-order valence-electron chi connectivity index (χ0n) is 22.0. The van der Waals surface area contributed by atoms with Crippen molar-refractivity contribution in [1.29, 1.82) is 0 Å². The molecule has 5 rings (SSSR count). The number of aromatic carboxylic acids is 1. The minimum atomic E-state index is -1.04. The fourth-order valence-corrected chi connectivity index (χ4v) is 4.42. The number of hydrogen-bond donors (Lipinski definition) is 1. The molecule has 0 aliphatic carbocycles. The number of carboxylic acid groups (broad SMARTS) is 1. The van der Waals surface area contributed by atoms with Crippen LogP contribution in [0.5, 0.6) is 5.88 Å². The Labute approximate surface area is 234 Å². The Morgan fingerprint density at radius 2 is 1.80 bits per heavy atom. The lowest BCUT2D eigenvalue weighted by molar-refractivity contribution is 0.0697. The molecule has 2 heterocycles. The zero-order valence-corrected chi connectivity index (χ0v) is 22.0. The molecule has 8 nitrogen and oxygen atoms in total. The number of aromatic nitrogens is 3. The first-order valence-electron chi connectivity index (χ1n) is 12.6. The van der Waals surface area contributed by atoms with Gasteiger partial charge in [-0.1, -0.05) is 30.3 Å². The van der Waals surface area contributed by atoms with E-state index in [-0.39, 0.29) is 35.7 Å². The van der Waals surface area contributed by atoms with Gasteiger partial charge in [-0.2, -0.15) is 0 Å². The van der Waals surface area contributed by atoms with E-state index >= 15 is 4.39 Å². The second kappa shape index (κ2) is 11.9. The molecular formula is C31H24F2N4O4. The van der Waals surface area contributed by atoms with Crippen molar-refractivity contribution in [2.24, 2.45) is 0 Å². The van der Waals surface area contributed by atoms with Crippen LogP contribution < -0.4 is 4.74 Å². The van der Waals surface area contributed by atoms with E-state index in [1.807, 2.05) is 4.57 Å². The maximum atomic E-state index is 15.3. The Morgan fingerprint density at radius 3 is 2.54 bits per heavy atom. The van der Waals surface area contributed by atoms with Gasteiger partial charge < -0.3 is 19.1 Å². The highest BCUT2D eigenvalue weighted by Crippen LogP contribution is 2.26. The van der Waals surface area contributed by atoms with Crippen LogP contribution in [0.1, 0.15) is 27.3 Å². The Balaban J connectivity index is 1.36. The van der Waals surface area contributed by atoms with Gasteiger partial charge in [0.1, 0.15) is 24.1 Å². The molecule has 0 aliphatic heterocycles. The van der Waals surface area contributed by atoms with Crippen molar-refractivity contribution >= 4 is 22.7 Å². The predicted molar refractivity (Wildman–Crippen MR) is 148 cm³/mol. The highest BCUT2D eigenvalue weighted by Gasteiger charge is 2.16. The summed E-state index contributed by atoms with van der Waals surface area (Å²) in [5.41, 5.74) is 3.30. The Bertz CT molecular complexity index is 1800. The second-order valence-electron chi connectivity index (χ2n) is 9.20. The van der Waals surface area contributed by atoms with Gasteiger partial charge in [-0.3, -0.25) is 0 Å². The highest BCUT2D eigenvalue weighted by molar-refractivity contribution is 5.92. The number of fused-ring (bicyclic) bond motifs is 1. The number of rotatable bonds is 10. The number of hydrogen-bond acceptors (Lipinski definition) is 5. The summed E-state index contributed by atoms with van der Waals surface area (Å²) in [6, 6.07) is 18.7. The van der Waals surface area contributed by atoms with Crippen molar-refractivity contribution in [2.45, 2.75) is 19.6 Å². The molecule has 0 amide bonds. The van der Waals surface area contributed by atoms with Crippen LogP contribution in [0.3, 0.4) is 0 Å². The standard InChI is InChI=1S/C31H24F2N4O4/c1-34-23-10-8-22(25(33)17-23)18-41-30-5-3-4-26(36-30)20-7-6-19(24(32)14-20)16-29-35-27-11-9-21(31(38)39)15-28(27)37(29)12-13-40-2/h3-11,14-15,17H,12-13,16,18H2,2H3,(H,38,39). The Morgan fingerprint density at radius 1 is 1.00 bits per heavy atom. The molecule has 2 aromatic heterocycles. The van der Waals surface area contributed by atoms with Crippen LogP contribution in [0, 0.1) is 18.2 Å². The van der Waals surface area contributed by atoms with Gasteiger partial charge in [-0.15, -0.1) is 0 Å². The summed E-state index contributed by atoms with van der Waals surface area (Å²) in [4.78, 5) is 23.8. The largest absolute Gasteiger partial charge is 0.478 e. The molecule has 0 aliphatic rings. The molecule has 0 fully saturated rings. The van der Waals surface area contributed by atoms with Crippen LogP contribution in [0.15, 0.2) is 72.8 Å². The lowest BCUT2D eigenvalue weighted by Crippen LogP contribution is -2.10. The van der Waals surface area contributed by atoms with Crippen molar-refractivity contribution in [3.05, 3.63) is 118 Å². The Kier molecular flexibility index (Phi) is 7.99. The van der Waals surface area contributed by atoms with Gasteiger partial charge in [0.15, 0.2) is 5.69 Å². The minimum absolute atomic E-state index is 0.0775. The van der Waals surface area contributed by atoms with E-state index in [1.165, 1.54) is 24.3 Å². The maximum Gasteiger partial charge on any atom is 0.335 e. The lowest BCUT2D eigenvalue weighted by Gasteiger charge is -2.11. The molecular weight excluding hydrogens is 530 g/mol. The van der Waals surface area contributed by atoms with E-state index in [1.54, 1.807) is 49.6 Å². The smallest absolute Gasteiger partial charge is 0.335 e. The normalized spacial score (nSPS) is 11.0. The third-order valence-electron chi connectivity index (χ3n) is 6.56. The number of benzene rings is 3. The van der Waals surface area contributed by atoms with E-state index in [0.717, 1.165) is 6.07 Å². The van der Waals surface area contributed by atoms with Gasteiger partial charge in [0, 0.05) is 37.3 Å². The van der Waals surface area contributed by atoms with Crippen molar-refractivity contribution in [1.82, 2.24) is 14.5 Å². The summed E-state index contributed by atoms with van der Waals surface area (Å²) in [6.07, 6.45) is 0.182. The molecule has 3 aromatic carbocycles. The summed E-state index contributed by atoms with van der Waals surface area (Å²) >= 11 is 0. The molecule has 0 bridgehead atoms. The number of nitrogens with zero attached hydrogens (tertiary/aromatic N) is 4. The van der Waals surface area contributed by atoms with Crippen LogP contribution in [-0.2, 0) is 24.3 Å². The van der Waals surface area contributed by atoms with E-state index in [0.29, 0.717) is 46.8 Å². The van der Waals surface area contributed by atoms with Crippen LogP contribution in [-0.4, -0.2) is 39.3 Å². The topological polar surface area (TPSA) is 90.8 Å². The number of carboxylic acids is 1. The van der Waals surface area contributed by atoms with E-state index in [2.05, 4.69) is 14.8 Å². The molecule has 41 heavy (non-hydrogen) atoms. The molecule has 5 aromatic rings. The second-order valence-corrected chi connectivity index (χ2v) is 9.20. The summed E-state index contributed by atoms with van der Waals surface area (Å²) in [6.45, 7) is 7.70. The first-order chi connectivity index (χ1) is 19.9. The fourth-order valence-electron chi connectivity index (χ4n) is 4.42. The third-order valence-corrected chi connectivity index (χ3v) is 6.56. The van der Waals surface area contributed by atoms with Crippen molar-refractivity contribution < 1.29 is 28.2 Å². The average molecular weight is 555 g/mol. The van der Waals surface area contributed by atoms with Gasteiger partial charge >= 0.3 is 5.97 Å². The number of ether oxygens (including phenoxy) is 2. The number of imidazole rings is 1. The van der Waals surface area contributed by atoms with Crippen LogP contribution >= 0.6 is 0 Å². The van der Waals surface area contributed by atoms with Crippen molar-refractivity contribution in [3.63, 3.8) is 0 Å². The summed E-state index contributed by atoms with van der Waals surface area (Å²) < 4.78 is 42.3. The molecule has 10 heteroatoms. The van der Waals surface area contributed by atoms with E-state index in [9.17, 15) is 14.3 Å². The third kappa shape index (κ3) is 6.05. The average Bonchev–Trinajstić information content (AvgIpc) is 3.32. The SMILES string of the molecule is [C-]#[N+]c1ccc(COc2cccc(-c3ccc(Cc4nc5ccc(C(=O)O)cc5n4CCOC)c(F)c3)n2)c(F)c1. The van der Waals surface area contributed by atoms with Crippen LogP contribution in [0.2, 0.25) is 0 Å². The van der Waals surface area contributed by atoms with E-state index < -0.39 is 17.6 Å². The molecule has 206 valence electrons. The zero-order chi connectivity index (χ0) is 28.9. The quantitative estimate of drug-likeness (QED) is 0.200. The highest BCUT2D eigenvalue weighted by atomic mass is 19.1. The summed E-state index contributed by atoms with van der Waals surface area (Å²) in [7, 11) is 1.57. The van der Waals surface area contributed by atoms with E-state index in [4.69, 9.17) is 16.0 Å². The monoisotopic (exact) mass is 554 g/mol. The first-order valence-corrected chi connectivity index (χ1v) is 12.6. The van der Waals surface area contributed by atoms with Gasteiger partial charge in [-0.05, 0) is 42.0 Å². The minimum Gasteiger partial charge on any atom is -0.478 e. The molecule has 0 radical (unpaired) electrons. The van der Waals surface area contributed by atoms with Gasteiger partial charge in [0.25, 0.3) is 0 Å². The molecule has 0 saturated carbocycles. The number of halogens is 2. The predicted octanol–water partition coefficient (Wildman–Crippen LogP) is 6.44. The fraction of sp³-hybridized carbons (Fsp3) is 0.161. The molecule has 0 spiro atoms. The molecule has 0 atom stereocenters. The summed E-state index contributed by atoms with van der Waals surface area (Å²) in [5.74, 6) is -1.20. The van der Waals surface area contributed by atoms with Gasteiger partial charge in [-0.25, -0.2) is 28.4 Å². The number of pyridine rings is 1. The van der Waals surface area contributed by atoms with Crippen LogP contribution in [0.4, 0.5) is 14.5 Å². The number of methoxy groups -OCH3 is 1. The van der Waals surface area contributed by atoms with Gasteiger partial charge in [0.05, 0.1) is 35.5 Å². The Hall–Kier alpha value is -5.14. The summed E-state index contributed by atoms with van der Waals surface area (Å²) in [5, 5.41) is 9.40. The maximum absolute atomic E-state index is 15.3. The number of carbonyl (C=O) groups is 1. The van der Waals surface area contributed by atoms with Gasteiger partial charge in [0.2, 0.25) is 5.88 Å². The van der Waals surface area contributed by atoms with Crippen molar-refractivity contribution in [2.75, 3.05) is 13.7 Å². The molecule has 1 N–H and O–H groups in total. The molecule has 0 unspecified atom stereocenters. The lowest BCUT2D eigenvalue weighted by atomic mass is 10.1. The van der Waals surface area contributed by atoms with Crippen LogP contribution in [0.25, 0.3) is 27.1 Å². The van der Waals surface area contributed by atoms with Crippen molar-refractivity contribution in [3.8, 4) is 17.1 Å². The molecule has 0 saturated heterocycles.